The number of thiophene rings is 1. The molecule has 0 bridgehead atoms. The molecule has 1 aromatic heterocycles. The van der Waals surface area contributed by atoms with E-state index >= 15 is 0 Å². The van der Waals surface area contributed by atoms with Gasteiger partial charge in [0.2, 0.25) is 0 Å². The van der Waals surface area contributed by atoms with Gasteiger partial charge < -0.3 is 14.8 Å². The molecule has 0 saturated carbocycles. The van der Waals surface area contributed by atoms with Gasteiger partial charge >= 0.3 is 18.1 Å². The maximum absolute atomic E-state index is 12.5. The van der Waals surface area contributed by atoms with Gasteiger partial charge in [-0.25, -0.2) is 9.59 Å². The highest BCUT2D eigenvalue weighted by Crippen LogP contribution is 2.29. The second kappa shape index (κ2) is 8.87. The number of alkyl halides is 3. The molecule has 10 heteroatoms. The smallest absolute Gasteiger partial charge is 0.416 e. The van der Waals surface area contributed by atoms with Crippen LogP contribution in [0.5, 0.6) is 0 Å². The highest BCUT2D eigenvalue weighted by molar-refractivity contribution is 7.18. The Kier molecular flexibility index (Phi) is 6.79. The van der Waals surface area contributed by atoms with E-state index < -0.39 is 36.2 Å². The van der Waals surface area contributed by atoms with Gasteiger partial charge in [0.15, 0.2) is 6.61 Å². The minimum atomic E-state index is -4.51. The van der Waals surface area contributed by atoms with E-state index in [1.165, 1.54) is 0 Å². The number of carbonyl (C=O) groups excluding carboxylic acids is 3. The van der Waals surface area contributed by atoms with Crippen LogP contribution in [0.1, 0.15) is 38.1 Å². The molecule has 0 saturated heterocycles. The second-order valence-electron chi connectivity index (χ2n) is 5.54. The molecule has 1 amide bonds. The zero-order valence-corrected chi connectivity index (χ0v) is 15.7. The maximum Gasteiger partial charge on any atom is 0.416 e. The van der Waals surface area contributed by atoms with Crippen LogP contribution in [0.15, 0.2) is 30.3 Å². The fraction of sp³-hybridized carbons (Fsp3) is 0.278. The van der Waals surface area contributed by atoms with E-state index in [0.29, 0.717) is 15.4 Å². The summed E-state index contributed by atoms with van der Waals surface area (Å²) in [7, 11) is 0. The molecule has 0 spiro atoms. The lowest BCUT2D eigenvalue weighted by Gasteiger charge is -2.08. The highest BCUT2D eigenvalue weighted by atomic mass is 32.1. The molecule has 28 heavy (non-hydrogen) atoms. The molecule has 0 aliphatic rings. The predicted octanol–water partition coefficient (Wildman–Crippen LogP) is 4.05. The van der Waals surface area contributed by atoms with E-state index in [2.05, 4.69) is 5.32 Å². The van der Waals surface area contributed by atoms with Gasteiger partial charge in [0.05, 0.1) is 22.7 Å². The van der Waals surface area contributed by atoms with Gasteiger partial charge in [0.1, 0.15) is 4.88 Å². The van der Waals surface area contributed by atoms with E-state index in [1.807, 2.05) is 0 Å². The molecular formula is C18H16F3NO5S. The number of nitrogens with one attached hydrogen (secondary N) is 1. The van der Waals surface area contributed by atoms with Crippen molar-refractivity contribution in [2.75, 3.05) is 18.5 Å². The van der Waals surface area contributed by atoms with E-state index in [-0.39, 0.29) is 12.2 Å². The Morgan fingerprint density at radius 2 is 1.71 bits per heavy atom. The van der Waals surface area contributed by atoms with Gasteiger partial charge in [-0.15, -0.1) is 11.3 Å². The summed E-state index contributed by atoms with van der Waals surface area (Å²) in [5, 5.41) is 2.85. The van der Waals surface area contributed by atoms with E-state index in [9.17, 15) is 27.6 Å². The number of halogens is 3. The number of carbonyl (C=O) groups is 3. The van der Waals surface area contributed by atoms with Crippen molar-refractivity contribution in [3.63, 3.8) is 0 Å². The summed E-state index contributed by atoms with van der Waals surface area (Å²) in [5.41, 5.74) is -0.384. The third kappa shape index (κ3) is 5.56. The quantitative estimate of drug-likeness (QED) is 0.720. The normalized spacial score (nSPS) is 11.0. The van der Waals surface area contributed by atoms with Gasteiger partial charge in [0.25, 0.3) is 5.91 Å². The minimum absolute atomic E-state index is 0.114. The van der Waals surface area contributed by atoms with Crippen LogP contribution in [0.4, 0.5) is 18.2 Å². The van der Waals surface area contributed by atoms with Gasteiger partial charge in [0, 0.05) is 0 Å². The Balaban J connectivity index is 1.91. The third-order valence-electron chi connectivity index (χ3n) is 3.42. The molecule has 0 atom stereocenters. The summed E-state index contributed by atoms with van der Waals surface area (Å²) in [6.45, 7) is 2.95. The van der Waals surface area contributed by atoms with Crippen molar-refractivity contribution in [3.05, 3.63) is 51.9 Å². The van der Waals surface area contributed by atoms with Gasteiger partial charge in [-0.2, -0.15) is 13.2 Å². The van der Waals surface area contributed by atoms with Crippen LogP contribution < -0.4 is 5.32 Å². The second-order valence-corrected chi connectivity index (χ2v) is 6.59. The molecule has 2 rings (SSSR count). The van der Waals surface area contributed by atoms with Crippen LogP contribution in [0.25, 0.3) is 0 Å². The average molecular weight is 415 g/mol. The number of aryl methyl sites for hydroxylation is 1. The fourth-order valence-electron chi connectivity index (χ4n) is 2.13. The molecule has 6 nitrogen and oxygen atoms in total. The molecule has 0 aliphatic carbocycles. The molecule has 0 fully saturated rings. The number of amides is 1. The van der Waals surface area contributed by atoms with Crippen molar-refractivity contribution >= 4 is 34.2 Å². The SMILES string of the molecule is CCOC(=O)c1sc(NC(=O)COC(=O)c2ccc(C(F)(F)F)cc2)cc1C. The number of ether oxygens (including phenoxy) is 2. The van der Waals surface area contributed by atoms with Crippen LogP contribution in [0, 0.1) is 6.92 Å². The average Bonchev–Trinajstić information content (AvgIpc) is 2.99. The molecule has 0 radical (unpaired) electrons. The van der Waals surface area contributed by atoms with Gasteiger partial charge in [-0.05, 0) is 49.7 Å². The fourth-order valence-corrected chi connectivity index (χ4v) is 3.11. The number of esters is 2. The first-order chi connectivity index (χ1) is 13.1. The first-order valence-corrected chi connectivity index (χ1v) is 8.85. The van der Waals surface area contributed by atoms with Crippen LogP contribution in [0.2, 0.25) is 0 Å². The molecule has 1 aromatic carbocycles. The zero-order chi connectivity index (χ0) is 20.9. The van der Waals surface area contributed by atoms with Crippen molar-refractivity contribution in [1.29, 1.82) is 0 Å². The summed E-state index contributed by atoms with van der Waals surface area (Å²) in [6, 6.07) is 5.02. The summed E-state index contributed by atoms with van der Waals surface area (Å²) in [6.07, 6.45) is -4.51. The highest BCUT2D eigenvalue weighted by Gasteiger charge is 2.30. The third-order valence-corrected chi connectivity index (χ3v) is 4.56. The van der Waals surface area contributed by atoms with Crippen molar-refractivity contribution in [1.82, 2.24) is 0 Å². The van der Waals surface area contributed by atoms with Crippen molar-refractivity contribution in [3.8, 4) is 0 Å². The predicted molar refractivity (Wildman–Crippen MR) is 95.4 cm³/mol. The summed E-state index contributed by atoms with van der Waals surface area (Å²) in [5.74, 6) is -2.09. The topological polar surface area (TPSA) is 81.7 Å². The lowest BCUT2D eigenvalue weighted by atomic mass is 10.1. The monoisotopic (exact) mass is 415 g/mol. The molecule has 2 aromatic rings. The molecule has 1 heterocycles. The molecule has 1 N–H and O–H groups in total. The van der Waals surface area contributed by atoms with Crippen molar-refractivity contribution in [2.24, 2.45) is 0 Å². The number of hydrogen-bond acceptors (Lipinski definition) is 6. The van der Waals surface area contributed by atoms with Gasteiger partial charge in [-0.3, -0.25) is 4.79 Å². The Bertz CT molecular complexity index is 874. The minimum Gasteiger partial charge on any atom is -0.462 e. The lowest BCUT2D eigenvalue weighted by Crippen LogP contribution is -2.20. The molecule has 0 unspecified atom stereocenters. The van der Waals surface area contributed by atoms with E-state index in [0.717, 1.165) is 35.6 Å². The Morgan fingerprint density at radius 3 is 2.29 bits per heavy atom. The van der Waals surface area contributed by atoms with Crippen LogP contribution in [-0.2, 0) is 20.4 Å². The summed E-state index contributed by atoms with van der Waals surface area (Å²) in [4.78, 5) is 35.8. The molecule has 0 aliphatic heterocycles. The molecular weight excluding hydrogens is 399 g/mol. The first-order valence-electron chi connectivity index (χ1n) is 8.03. The molecule has 150 valence electrons. The number of benzene rings is 1. The largest absolute Gasteiger partial charge is 0.462 e. The standard InChI is InChI=1S/C18H16F3NO5S/c1-3-26-17(25)15-10(2)8-14(28-15)22-13(23)9-27-16(24)11-4-6-12(7-5-11)18(19,20)21/h4-8H,3,9H2,1-2H3,(H,22,23). The van der Waals surface area contributed by atoms with Crippen LogP contribution >= 0.6 is 11.3 Å². The lowest BCUT2D eigenvalue weighted by molar-refractivity contribution is -0.137. The number of anilines is 1. The first kappa shape index (κ1) is 21.4. The van der Waals surface area contributed by atoms with Gasteiger partial charge in [-0.1, -0.05) is 0 Å². The van der Waals surface area contributed by atoms with Crippen molar-refractivity contribution < 1.29 is 37.0 Å². The Hall–Kier alpha value is -2.88. The maximum atomic E-state index is 12.5. The Morgan fingerprint density at radius 1 is 1.07 bits per heavy atom. The van der Waals surface area contributed by atoms with E-state index in [1.54, 1.807) is 19.9 Å². The van der Waals surface area contributed by atoms with Crippen LogP contribution in [0.3, 0.4) is 0 Å². The number of rotatable bonds is 6. The summed E-state index contributed by atoms with van der Waals surface area (Å²) < 4.78 is 47.2. The Labute approximate surface area is 162 Å². The van der Waals surface area contributed by atoms with Crippen LogP contribution in [-0.4, -0.2) is 31.1 Å². The van der Waals surface area contributed by atoms with Crippen molar-refractivity contribution in [2.45, 2.75) is 20.0 Å². The summed E-state index contributed by atoms with van der Waals surface area (Å²) >= 11 is 1.02. The number of hydrogen-bond donors (Lipinski definition) is 1. The van der Waals surface area contributed by atoms with E-state index in [4.69, 9.17) is 9.47 Å². The zero-order valence-electron chi connectivity index (χ0n) is 14.9.